The third-order valence-electron chi connectivity index (χ3n) is 2.81. The molecule has 2 rings (SSSR count). The SMILES string of the molecule is CCc1ccc(N)c(=O)n1-c1cccc(C)c1. The van der Waals surface area contributed by atoms with E-state index in [1.165, 1.54) is 0 Å². The van der Waals surface area contributed by atoms with E-state index in [9.17, 15) is 4.79 Å². The molecule has 0 saturated heterocycles. The average molecular weight is 228 g/mol. The minimum absolute atomic E-state index is 0.144. The minimum Gasteiger partial charge on any atom is -0.394 e. The number of nitrogens with two attached hydrogens (primary N) is 1. The lowest BCUT2D eigenvalue weighted by Crippen LogP contribution is -2.24. The van der Waals surface area contributed by atoms with Crippen molar-refractivity contribution in [1.82, 2.24) is 4.57 Å². The summed E-state index contributed by atoms with van der Waals surface area (Å²) in [6.07, 6.45) is 0.795. The van der Waals surface area contributed by atoms with E-state index in [2.05, 4.69) is 0 Å². The molecule has 0 spiro atoms. The minimum atomic E-state index is -0.144. The molecule has 0 aliphatic rings. The predicted octanol–water partition coefficient (Wildman–Crippen LogP) is 2.29. The largest absolute Gasteiger partial charge is 0.394 e. The summed E-state index contributed by atoms with van der Waals surface area (Å²) in [5.74, 6) is 0. The van der Waals surface area contributed by atoms with Crippen molar-refractivity contribution in [2.24, 2.45) is 0 Å². The summed E-state index contributed by atoms with van der Waals surface area (Å²) in [4.78, 5) is 12.1. The van der Waals surface area contributed by atoms with Crippen LogP contribution in [0.25, 0.3) is 5.69 Å². The van der Waals surface area contributed by atoms with Gasteiger partial charge in [0.1, 0.15) is 0 Å². The van der Waals surface area contributed by atoms with Crippen molar-refractivity contribution in [3.63, 3.8) is 0 Å². The van der Waals surface area contributed by atoms with Crippen LogP contribution < -0.4 is 11.3 Å². The van der Waals surface area contributed by atoms with Crippen LogP contribution >= 0.6 is 0 Å². The zero-order chi connectivity index (χ0) is 12.4. The fourth-order valence-electron chi connectivity index (χ4n) is 1.92. The Morgan fingerprint density at radius 2 is 2.00 bits per heavy atom. The third kappa shape index (κ3) is 2.09. The topological polar surface area (TPSA) is 48.0 Å². The van der Waals surface area contributed by atoms with Crippen LogP contribution in [0.3, 0.4) is 0 Å². The highest BCUT2D eigenvalue weighted by Crippen LogP contribution is 2.12. The third-order valence-corrected chi connectivity index (χ3v) is 2.81. The maximum absolute atomic E-state index is 12.1. The lowest BCUT2D eigenvalue weighted by atomic mass is 10.2. The highest BCUT2D eigenvalue weighted by Gasteiger charge is 2.07. The van der Waals surface area contributed by atoms with Crippen molar-refractivity contribution < 1.29 is 0 Å². The summed E-state index contributed by atoms with van der Waals surface area (Å²) in [6, 6.07) is 11.4. The lowest BCUT2D eigenvalue weighted by molar-refractivity contribution is 0.879. The molecule has 0 saturated carbocycles. The number of nitrogen functional groups attached to an aromatic ring is 1. The molecule has 17 heavy (non-hydrogen) atoms. The molecule has 3 nitrogen and oxygen atoms in total. The van der Waals surface area contributed by atoms with E-state index in [0.717, 1.165) is 23.4 Å². The smallest absolute Gasteiger partial charge is 0.278 e. The Labute approximate surface area is 101 Å². The number of pyridine rings is 1. The van der Waals surface area contributed by atoms with E-state index in [1.807, 2.05) is 44.2 Å². The first-order valence-corrected chi connectivity index (χ1v) is 5.71. The molecule has 88 valence electrons. The average Bonchev–Trinajstić information content (AvgIpc) is 2.32. The van der Waals surface area contributed by atoms with Gasteiger partial charge in [0.05, 0.1) is 5.69 Å². The first-order valence-electron chi connectivity index (χ1n) is 5.71. The molecule has 0 atom stereocenters. The summed E-state index contributed by atoms with van der Waals surface area (Å²) in [7, 11) is 0. The first-order chi connectivity index (χ1) is 8.13. The van der Waals surface area contributed by atoms with Gasteiger partial charge in [0.25, 0.3) is 5.56 Å². The maximum Gasteiger partial charge on any atom is 0.278 e. The Balaban J connectivity index is 2.74. The van der Waals surface area contributed by atoms with Gasteiger partial charge in [-0.25, -0.2) is 0 Å². The predicted molar refractivity (Wildman–Crippen MR) is 70.6 cm³/mol. The standard InChI is InChI=1S/C14H16N2O/c1-3-11-7-8-13(15)14(17)16(11)12-6-4-5-10(2)9-12/h4-9H,3,15H2,1-2H3. The lowest BCUT2D eigenvalue weighted by Gasteiger charge is -2.12. The van der Waals surface area contributed by atoms with Crippen LogP contribution in [0.5, 0.6) is 0 Å². The Hall–Kier alpha value is -2.03. The highest BCUT2D eigenvalue weighted by molar-refractivity contribution is 5.43. The summed E-state index contributed by atoms with van der Waals surface area (Å²) in [6.45, 7) is 4.03. The summed E-state index contributed by atoms with van der Waals surface area (Å²) < 4.78 is 1.68. The monoisotopic (exact) mass is 228 g/mol. The molecule has 0 bridgehead atoms. The first kappa shape index (κ1) is 11.5. The number of anilines is 1. The van der Waals surface area contributed by atoms with Gasteiger partial charge in [0.2, 0.25) is 0 Å². The van der Waals surface area contributed by atoms with Crippen LogP contribution in [-0.2, 0) is 6.42 Å². The van der Waals surface area contributed by atoms with Crippen LogP contribution in [-0.4, -0.2) is 4.57 Å². The maximum atomic E-state index is 12.1. The van der Waals surface area contributed by atoms with Crippen molar-refractivity contribution in [2.45, 2.75) is 20.3 Å². The quantitative estimate of drug-likeness (QED) is 0.857. The van der Waals surface area contributed by atoms with Gasteiger partial charge in [0.15, 0.2) is 0 Å². The van der Waals surface area contributed by atoms with Crippen molar-refractivity contribution in [2.75, 3.05) is 5.73 Å². The number of nitrogens with zero attached hydrogens (tertiary/aromatic N) is 1. The van der Waals surface area contributed by atoms with Gasteiger partial charge < -0.3 is 5.73 Å². The van der Waals surface area contributed by atoms with Crippen LogP contribution in [0.15, 0.2) is 41.2 Å². The molecular weight excluding hydrogens is 212 g/mol. The van der Waals surface area contributed by atoms with E-state index in [0.29, 0.717) is 0 Å². The van der Waals surface area contributed by atoms with E-state index in [-0.39, 0.29) is 11.2 Å². The van der Waals surface area contributed by atoms with E-state index in [1.54, 1.807) is 10.6 Å². The zero-order valence-electron chi connectivity index (χ0n) is 10.1. The van der Waals surface area contributed by atoms with Gasteiger partial charge >= 0.3 is 0 Å². The van der Waals surface area contributed by atoms with Gasteiger partial charge in [-0.2, -0.15) is 0 Å². The van der Waals surface area contributed by atoms with E-state index < -0.39 is 0 Å². The second-order valence-corrected chi connectivity index (χ2v) is 4.11. The molecule has 0 unspecified atom stereocenters. The Morgan fingerprint density at radius 1 is 1.24 bits per heavy atom. The molecular formula is C14H16N2O. The number of aryl methyl sites for hydroxylation is 2. The number of benzene rings is 1. The summed E-state index contributed by atoms with van der Waals surface area (Å²) in [5.41, 5.74) is 8.79. The molecule has 1 aromatic heterocycles. The van der Waals surface area contributed by atoms with Crippen LogP contribution in [0, 0.1) is 6.92 Å². The fourth-order valence-corrected chi connectivity index (χ4v) is 1.92. The van der Waals surface area contributed by atoms with Gasteiger partial charge in [0, 0.05) is 11.4 Å². The van der Waals surface area contributed by atoms with Crippen molar-refractivity contribution in [3.05, 3.63) is 58.0 Å². The molecule has 1 aromatic carbocycles. The van der Waals surface area contributed by atoms with Crippen molar-refractivity contribution in [3.8, 4) is 5.69 Å². The van der Waals surface area contributed by atoms with Gasteiger partial charge in [-0.05, 0) is 43.2 Å². The van der Waals surface area contributed by atoms with E-state index >= 15 is 0 Å². The van der Waals surface area contributed by atoms with Crippen LogP contribution in [0.4, 0.5) is 5.69 Å². The van der Waals surface area contributed by atoms with Crippen molar-refractivity contribution in [1.29, 1.82) is 0 Å². The van der Waals surface area contributed by atoms with Crippen LogP contribution in [0.2, 0.25) is 0 Å². The number of hydrogen-bond donors (Lipinski definition) is 1. The van der Waals surface area contributed by atoms with Crippen molar-refractivity contribution >= 4 is 5.69 Å². The molecule has 2 N–H and O–H groups in total. The Morgan fingerprint density at radius 3 is 2.65 bits per heavy atom. The molecule has 0 aliphatic carbocycles. The highest BCUT2D eigenvalue weighted by atomic mass is 16.1. The van der Waals surface area contributed by atoms with Gasteiger partial charge in [-0.1, -0.05) is 19.1 Å². The normalized spacial score (nSPS) is 10.5. The zero-order valence-corrected chi connectivity index (χ0v) is 10.1. The Bertz CT molecular complexity index is 599. The molecule has 0 amide bonds. The summed E-state index contributed by atoms with van der Waals surface area (Å²) >= 11 is 0. The second-order valence-electron chi connectivity index (χ2n) is 4.11. The molecule has 0 radical (unpaired) electrons. The molecule has 2 aromatic rings. The fraction of sp³-hybridized carbons (Fsp3) is 0.214. The molecule has 1 heterocycles. The van der Waals surface area contributed by atoms with Gasteiger partial charge in [-0.3, -0.25) is 9.36 Å². The number of aromatic nitrogens is 1. The molecule has 0 aliphatic heterocycles. The van der Waals surface area contributed by atoms with E-state index in [4.69, 9.17) is 5.73 Å². The number of hydrogen-bond acceptors (Lipinski definition) is 2. The molecule has 3 heteroatoms. The van der Waals surface area contributed by atoms with Gasteiger partial charge in [-0.15, -0.1) is 0 Å². The molecule has 0 fully saturated rings. The number of rotatable bonds is 2. The summed E-state index contributed by atoms with van der Waals surface area (Å²) in [5, 5.41) is 0. The Kier molecular flexibility index (Phi) is 3.00. The second kappa shape index (κ2) is 4.45. The van der Waals surface area contributed by atoms with Crippen LogP contribution in [0.1, 0.15) is 18.2 Å².